The van der Waals surface area contributed by atoms with Crippen LogP contribution in [-0.4, -0.2) is 6.67 Å². The van der Waals surface area contributed by atoms with Crippen LogP contribution < -0.4 is 0 Å². The minimum Gasteiger partial charge on any atom is -0.251 e. The van der Waals surface area contributed by atoms with Gasteiger partial charge in [-0.2, -0.15) is 0 Å². The van der Waals surface area contributed by atoms with Gasteiger partial charge in [-0.05, 0) is 117 Å². The summed E-state index contributed by atoms with van der Waals surface area (Å²) in [6, 6.07) is 9.73. The van der Waals surface area contributed by atoms with E-state index in [1.807, 2.05) is 0 Å². The highest BCUT2D eigenvalue weighted by Crippen LogP contribution is 2.44. The molecule has 3 aliphatic carbocycles. The largest absolute Gasteiger partial charge is 0.251 e. The van der Waals surface area contributed by atoms with Crippen LogP contribution >= 0.6 is 0 Å². The molecular formula is C36H59F. The molecule has 3 saturated carbocycles. The van der Waals surface area contributed by atoms with E-state index < -0.39 is 0 Å². The van der Waals surface area contributed by atoms with Gasteiger partial charge in [0.25, 0.3) is 0 Å². The summed E-state index contributed by atoms with van der Waals surface area (Å²) in [7, 11) is 0. The molecule has 1 heteroatoms. The first-order valence-electron chi connectivity index (χ1n) is 16.9. The lowest BCUT2D eigenvalue weighted by Gasteiger charge is -2.38. The zero-order chi connectivity index (χ0) is 25.7. The Morgan fingerprint density at radius 1 is 0.568 bits per heavy atom. The highest BCUT2D eigenvalue weighted by molar-refractivity contribution is 5.26. The number of benzene rings is 1. The van der Waals surface area contributed by atoms with Crippen LogP contribution in [0.15, 0.2) is 24.3 Å². The summed E-state index contributed by atoms with van der Waals surface area (Å²) >= 11 is 0. The molecule has 37 heavy (non-hydrogen) atoms. The monoisotopic (exact) mass is 510 g/mol. The zero-order valence-corrected chi connectivity index (χ0v) is 24.4. The first-order valence-corrected chi connectivity index (χ1v) is 16.9. The number of rotatable bonds is 14. The predicted molar refractivity (Wildman–Crippen MR) is 159 cm³/mol. The lowest BCUT2D eigenvalue weighted by molar-refractivity contribution is 0.136. The lowest BCUT2D eigenvalue weighted by Crippen LogP contribution is -2.26. The zero-order valence-electron chi connectivity index (χ0n) is 24.4. The normalized spacial score (nSPS) is 30.9. The van der Waals surface area contributed by atoms with Crippen LogP contribution in [-0.2, 0) is 6.42 Å². The van der Waals surface area contributed by atoms with E-state index in [9.17, 15) is 4.39 Å². The van der Waals surface area contributed by atoms with Gasteiger partial charge in [-0.3, -0.25) is 4.39 Å². The summed E-state index contributed by atoms with van der Waals surface area (Å²) < 4.78 is 12.3. The maximum absolute atomic E-state index is 12.3. The second-order valence-corrected chi connectivity index (χ2v) is 13.6. The quantitative estimate of drug-likeness (QED) is 0.218. The summed E-state index contributed by atoms with van der Waals surface area (Å²) in [5, 5.41) is 0. The topological polar surface area (TPSA) is 0 Å². The van der Waals surface area contributed by atoms with Crippen LogP contribution in [0.3, 0.4) is 0 Å². The molecule has 4 rings (SSSR count). The molecule has 3 fully saturated rings. The molecule has 210 valence electrons. The highest BCUT2D eigenvalue weighted by atomic mass is 19.1. The molecule has 0 saturated heterocycles. The van der Waals surface area contributed by atoms with E-state index in [0.717, 1.165) is 48.3 Å². The molecule has 0 unspecified atom stereocenters. The van der Waals surface area contributed by atoms with Gasteiger partial charge in [0.05, 0.1) is 6.67 Å². The van der Waals surface area contributed by atoms with Crippen molar-refractivity contribution < 1.29 is 4.39 Å². The van der Waals surface area contributed by atoms with Gasteiger partial charge in [-0.1, -0.05) is 102 Å². The minimum atomic E-state index is -0.120. The van der Waals surface area contributed by atoms with Crippen LogP contribution in [0, 0.1) is 29.6 Å². The van der Waals surface area contributed by atoms with Crippen LogP contribution in [0.2, 0.25) is 0 Å². The number of halogens is 1. The standard InChI is InChI=1S/C36H59F/c1-2-3-5-8-29-12-20-33(21-13-29)35-24-16-31(17-25-35)10-11-32-18-26-36(27-19-32)34-22-14-30(15-23-34)9-6-4-7-28-37/h12-13,20-21,30-32,34-36H,2-11,14-19,22-28H2,1H3/t30-,31-,32-,34-,35-,36-. The predicted octanol–water partition coefficient (Wildman–Crippen LogP) is 11.6. The van der Waals surface area contributed by atoms with Gasteiger partial charge >= 0.3 is 0 Å². The SMILES string of the molecule is CCCCCc1ccc([C@H]2CC[C@H](CC[C@H]3CC[C@H]([C@H]4CC[C@H](CCCCCF)CC4)CC3)CC2)cc1. The van der Waals surface area contributed by atoms with E-state index in [-0.39, 0.29) is 6.67 Å². The van der Waals surface area contributed by atoms with Crippen molar-refractivity contribution in [2.24, 2.45) is 29.6 Å². The maximum Gasteiger partial charge on any atom is 0.0894 e. The Hall–Kier alpha value is -0.850. The van der Waals surface area contributed by atoms with Crippen molar-refractivity contribution in [3.8, 4) is 0 Å². The molecule has 1 aromatic rings. The first-order chi connectivity index (χ1) is 18.2. The van der Waals surface area contributed by atoms with Gasteiger partial charge in [0.15, 0.2) is 0 Å². The van der Waals surface area contributed by atoms with E-state index >= 15 is 0 Å². The van der Waals surface area contributed by atoms with Gasteiger partial charge in [-0.25, -0.2) is 0 Å². The Morgan fingerprint density at radius 3 is 1.65 bits per heavy atom. The third-order valence-corrected chi connectivity index (χ3v) is 11.0. The highest BCUT2D eigenvalue weighted by Gasteiger charge is 2.31. The molecule has 0 radical (unpaired) electrons. The Labute approximate surface area is 230 Å². The van der Waals surface area contributed by atoms with Crippen molar-refractivity contribution in [3.05, 3.63) is 35.4 Å². The smallest absolute Gasteiger partial charge is 0.0894 e. The van der Waals surface area contributed by atoms with Crippen LogP contribution in [0.4, 0.5) is 4.39 Å². The van der Waals surface area contributed by atoms with Crippen molar-refractivity contribution in [1.29, 1.82) is 0 Å². The van der Waals surface area contributed by atoms with Crippen LogP contribution in [0.1, 0.15) is 159 Å². The molecule has 3 aliphatic rings. The van der Waals surface area contributed by atoms with Crippen LogP contribution in [0.5, 0.6) is 0 Å². The summed E-state index contributed by atoms with van der Waals surface area (Å²) in [4.78, 5) is 0. The second kappa shape index (κ2) is 16.3. The fourth-order valence-electron chi connectivity index (χ4n) is 8.39. The molecule has 0 atom stereocenters. The molecule has 0 amide bonds. The van der Waals surface area contributed by atoms with Crippen molar-refractivity contribution in [1.82, 2.24) is 0 Å². The molecule has 0 aromatic heterocycles. The van der Waals surface area contributed by atoms with Gasteiger partial charge in [0, 0.05) is 0 Å². The molecule has 0 nitrogen and oxygen atoms in total. The van der Waals surface area contributed by atoms with E-state index in [4.69, 9.17) is 0 Å². The van der Waals surface area contributed by atoms with Gasteiger partial charge in [0.2, 0.25) is 0 Å². The third kappa shape index (κ3) is 9.69. The number of alkyl halides is 1. The second-order valence-electron chi connectivity index (χ2n) is 13.6. The summed E-state index contributed by atoms with van der Waals surface area (Å²) in [5.74, 6) is 5.88. The summed E-state index contributed by atoms with van der Waals surface area (Å²) in [6.45, 7) is 2.17. The summed E-state index contributed by atoms with van der Waals surface area (Å²) in [6.07, 6.45) is 30.6. The first kappa shape index (κ1) is 29.1. The molecular weight excluding hydrogens is 451 g/mol. The molecule has 0 spiro atoms. The Balaban J connectivity index is 1.06. The van der Waals surface area contributed by atoms with Gasteiger partial charge in [-0.15, -0.1) is 0 Å². The molecule has 0 aliphatic heterocycles. The molecule has 1 aromatic carbocycles. The molecule has 0 heterocycles. The van der Waals surface area contributed by atoms with E-state index in [2.05, 4.69) is 31.2 Å². The molecule has 0 N–H and O–H groups in total. The van der Waals surface area contributed by atoms with E-state index in [1.165, 1.54) is 134 Å². The van der Waals surface area contributed by atoms with Crippen molar-refractivity contribution >= 4 is 0 Å². The number of aryl methyl sites for hydroxylation is 1. The van der Waals surface area contributed by atoms with E-state index in [0.29, 0.717) is 0 Å². The Bertz CT molecular complexity index is 699. The average Bonchev–Trinajstić information content (AvgIpc) is 2.96. The van der Waals surface area contributed by atoms with Crippen molar-refractivity contribution in [2.75, 3.05) is 6.67 Å². The average molecular weight is 511 g/mol. The minimum absolute atomic E-state index is 0.120. The van der Waals surface area contributed by atoms with Crippen molar-refractivity contribution in [2.45, 2.75) is 154 Å². The van der Waals surface area contributed by atoms with Gasteiger partial charge < -0.3 is 0 Å². The summed E-state index contributed by atoms with van der Waals surface area (Å²) in [5.41, 5.74) is 3.15. The van der Waals surface area contributed by atoms with Crippen molar-refractivity contribution in [3.63, 3.8) is 0 Å². The Morgan fingerprint density at radius 2 is 1.11 bits per heavy atom. The maximum atomic E-state index is 12.3. The van der Waals surface area contributed by atoms with Gasteiger partial charge in [0.1, 0.15) is 0 Å². The molecule has 0 bridgehead atoms. The fraction of sp³-hybridized carbons (Fsp3) is 0.833. The Kier molecular flexibility index (Phi) is 12.8. The van der Waals surface area contributed by atoms with E-state index in [1.54, 1.807) is 5.56 Å². The third-order valence-electron chi connectivity index (χ3n) is 11.0. The number of hydrogen-bond donors (Lipinski definition) is 0. The number of unbranched alkanes of at least 4 members (excludes halogenated alkanes) is 4. The number of hydrogen-bond acceptors (Lipinski definition) is 0. The lowest BCUT2D eigenvalue weighted by atomic mass is 9.67. The fourth-order valence-corrected chi connectivity index (χ4v) is 8.39. The van der Waals surface area contributed by atoms with Crippen LogP contribution in [0.25, 0.3) is 0 Å².